The lowest BCUT2D eigenvalue weighted by Crippen LogP contribution is -2.14. The molecule has 1 aliphatic carbocycles. The molecule has 1 aliphatic rings. The Balaban J connectivity index is 2.07. The summed E-state index contributed by atoms with van der Waals surface area (Å²) in [7, 11) is 1.43. The molecule has 1 aromatic heterocycles. The minimum atomic E-state index is -0.238. The second kappa shape index (κ2) is 4.51. The van der Waals surface area contributed by atoms with Gasteiger partial charge in [-0.05, 0) is 30.9 Å². The van der Waals surface area contributed by atoms with Crippen molar-refractivity contribution in [3.8, 4) is 0 Å². The van der Waals surface area contributed by atoms with E-state index in [0.717, 1.165) is 12.5 Å². The Hall–Kier alpha value is -1.25. The highest BCUT2D eigenvalue weighted by molar-refractivity contribution is 5.87. The van der Waals surface area contributed by atoms with Crippen molar-refractivity contribution in [3.63, 3.8) is 0 Å². The molecule has 0 unspecified atom stereocenters. The van der Waals surface area contributed by atoms with Gasteiger partial charge < -0.3 is 9.30 Å². The Bertz CT molecular complexity index is 337. The number of carbonyl (C=O) groups is 1. The molecule has 0 aromatic carbocycles. The van der Waals surface area contributed by atoms with Gasteiger partial charge in [0.1, 0.15) is 5.69 Å². The zero-order valence-corrected chi connectivity index (χ0v) is 9.11. The summed E-state index contributed by atoms with van der Waals surface area (Å²) in [5.41, 5.74) is 0.671. The zero-order chi connectivity index (χ0) is 10.7. The van der Waals surface area contributed by atoms with Gasteiger partial charge in [-0.3, -0.25) is 0 Å². The van der Waals surface area contributed by atoms with Gasteiger partial charge in [0.25, 0.3) is 0 Å². The number of esters is 1. The Morgan fingerprint density at radius 3 is 2.93 bits per heavy atom. The van der Waals surface area contributed by atoms with Crippen LogP contribution in [0.1, 0.15) is 36.2 Å². The van der Waals surface area contributed by atoms with Crippen molar-refractivity contribution >= 4 is 5.97 Å². The minimum absolute atomic E-state index is 0.238. The van der Waals surface area contributed by atoms with Crippen LogP contribution in [-0.2, 0) is 11.3 Å². The highest BCUT2D eigenvalue weighted by Crippen LogP contribution is 2.26. The summed E-state index contributed by atoms with van der Waals surface area (Å²) >= 11 is 0. The van der Waals surface area contributed by atoms with Crippen molar-refractivity contribution in [1.82, 2.24) is 4.57 Å². The van der Waals surface area contributed by atoms with E-state index in [-0.39, 0.29) is 5.97 Å². The van der Waals surface area contributed by atoms with E-state index in [0.29, 0.717) is 5.69 Å². The van der Waals surface area contributed by atoms with Gasteiger partial charge in [-0.1, -0.05) is 12.8 Å². The largest absolute Gasteiger partial charge is 0.464 e. The fourth-order valence-electron chi connectivity index (χ4n) is 2.33. The second-order valence-electron chi connectivity index (χ2n) is 4.19. The Kier molecular flexibility index (Phi) is 3.09. The SMILES string of the molecule is COC(=O)c1cccn1CC1CCCC1. The summed E-state index contributed by atoms with van der Waals surface area (Å²) in [5, 5.41) is 0. The van der Waals surface area contributed by atoms with Gasteiger partial charge in [-0.2, -0.15) is 0 Å². The van der Waals surface area contributed by atoms with Gasteiger partial charge in [-0.25, -0.2) is 4.79 Å². The van der Waals surface area contributed by atoms with Crippen LogP contribution in [0.15, 0.2) is 18.3 Å². The first-order valence-corrected chi connectivity index (χ1v) is 5.54. The lowest BCUT2D eigenvalue weighted by atomic mass is 10.1. The average molecular weight is 207 g/mol. The van der Waals surface area contributed by atoms with Gasteiger partial charge in [0.2, 0.25) is 0 Å². The van der Waals surface area contributed by atoms with E-state index < -0.39 is 0 Å². The third-order valence-electron chi connectivity index (χ3n) is 3.15. The standard InChI is InChI=1S/C12H17NO2/c1-15-12(14)11-7-4-8-13(11)9-10-5-2-3-6-10/h4,7-8,10H,2-3,5-6,9H2,1H3. The molecule has 0 amide bonds. The normalized spacial score (nSPS) is 16.9. The molecular weight excluding hydrogens is 190 g/mol. The summed E-state index contributed by atoms with van der Waals surface area (Å²) < 4.78 is 6.76. The van der Waals surface area contributed by atoms with Crippen LogP contribution < -0.4 is 0 Å². The van der Waals surface area contributed by atoms with Gasteiger partial charge in [0.05, 0.1) is 7.11 Å². The van der Waals surface area contributed by atoms with E-state index in [1.54, 1.807) is 0 Å². The van der Waals surface area contributed by atoms with E-state index in [9.17, 15) is 4.79 Å². The molecule has 0 spiro atoms. The highest BCUT2D eigenvalue weighted by Gasteiger charge is 2.18. The molecule has 1 saturated carbocycles. The van der Waals surface area contributed by atoms with Crippen molar-refractivity contribution < 1.29 is 9.53 Å². The molecule has 0 saturated heterocycles. The van der Waals surface area contributed by atoms with Gasteiger partial charge in [0.15, 0.2) is 0 Å². The predicted octanol–water partition coefficient (Wildman–Crippen LogP) is 2.46. The molecule has 3 heteroatoms. The summed E-state index contributed by atoms with van der Waals surface area (Å²) in [6, 6.07) is 3.72. The highest BCUT2D eigenvalue weighted by atomic mass is 16.5. The average Bonchev–Trinajstić information content (AvgIpc) is 2.88. The summed E-state index contributed by atoms with van der Waals surface area (Å²) in [4.78, 5) is 11.4. The molecule has 0 radical (unpaired) electrons. The summed E-state index contributed by atoms with van der Waals surface area (Å²) in [5.74, 6) is 0.499. The van der Waals surface area contributed by atoms with E-state index in [1.165, 1.54) is 32.8 Å². The second-order valence-corrected chi connectivity index (χ2v) is 4.19. The van der Waals surface area contributed by atoms with Gasteiger partial charge in [0, 0.05) is 12.7 Å². The van der Waals surface area contributed by atoms with Crippen LogP contribution in [0.25, 0.3) is 0 Å². The maximum atomic E-state index is 11.4. The molecule has 2 rings (SSSR count). The summed E-state index contributed by atoms with van der Waals surface area (Å²) in [6.07, 6.45) is 7.21. The van der Waals surface area contributed by atoms with Crippen LogP contribution in [-0.4, -0.2) is 17.6 Å². The predicted molar refractivity (Wildman–Crippen MR) is 57.7 cm³/mol. The molecule has 1 heterocycles. The molecule has 0 bridgehead atoms. The van der Waals surface area contributed by atoms with Crippen molar-refractivity contribution in [2.45, 2.75) is 32.2 Å². The van der Waals surface area contributed by atoms with Crippen LogP contribution in [0, 0.1) is 5.92 Å². The molecule has 0 aliphatic heterocycles. The summed E-state index contributed by atoms with van der Waals surface area (Å²) in [6.45, 7) is 0.956. The first-order valence-electron chi connectivity index (χ1n) is 5.54. The number of ether oxygens (including phenoxy) is 1. The van der Waals surface area contributed by atoms with Crippen molar-refractivity contribution in [2.75, 3.05) is 7.11 Å². The number of hydrogen-bond acceptors (Lipinski definition) is 2. The number of hydrogen-bond donors (Lipinski definition) is 0. The Morgan fingerprint density at radius 2 is 2.27 bits per heavy atom. The van der Waals surface area contributed by atoms with Crippen molar-refractivity contribution in [2.24, 2.45) is 5.92 Å². The van der Waals surface area contributed by atoms with Crippen molar-refractivity contribution in [3.05, 3.63) is 24.0 Å². The lowest BCUT2D eigenvalue weighted by molar-refractivity contribution is 0.0587. The number of methoxy groups -OCH3 is 1. The molecule has 82 valence electrons. The molecule has 1 fully saturated rings. The van der Waals surface area contributed by atoms with Crippen LogP contribution in [0.5, 0.6) is 0 Å². The quantitative estimate of drug-likeness (QED) is 0.713. The van der Waals surface area contributed by atoms with Gasteiger partial charge >= 0.3 is 5.97 Å². The molecule has 15 heavy (non-hydrogen) atoms. The van der Waals surface area contributed by atoms with Crippen LogP contribution in [0.2, 0.25) is 0 Å². The van der Waals surface area contributed by atoms with E-state index in [2.05, 4.69) is 0 Å². The number of nitrogens with zero attached hydrogens (tertiary/aromatic N) is 1. The number of rotatable bonds is 3. The first kappa shape index (κ1) is 10.3. The topological polar surface area (TPSA) is 31.2 Å². The van der Waals surface area contributed by atoms with Crippen LogP contribution in [0.3, 0.4) is 0 Å². The maximum absolute atomic E-state index is 11.4. The maximum Gasteiger partial charge on any atom is 0.354 e. The van der Waals surface area contributed by atoms with E-state index in [1.807, 2.05) is 22.9 Å². The van der Waals surface area contributed by atoms with Crippen LogP contribution in [0.4, 0.5) is 0 Å². The van der Waals surface area contributed by atoms with Crippen molar-refractivity contribution in [1.29, 1.82) is 0 Å². The molecule has 0 N–H and O–H groups in total. The molecule has 3 nitrogen and oxygen atoms in total. The third-order valence-corrected chi connectivity index (χ3v) is 3.15. The monoisotopic (exact) mass is 207 g/mol. The fourth-order valence-corrected chi connectivity index (χ4v) is 2.33. The first-order chi connectivity index (χ1) is 7.31. The van der Waals surface area contributed by atoms with Crippen LogP contribution >= 0.6 is 0 Å². The number of carbonyl (C=O) groups excluding carboxylic acids is 1. The molecular formula is C12H17NO2. The minimum Gasteiger partial charge on any atom is -0.464 e. The smallest absolute Gasteiger partial charge is 0.354 e. The third kappa shape index (κ3) is 2.22. The number of aromatic nitrogens is 1. The molecule has 1 aromatic rings. The lowest BCUT2D eigenvalue weighted by Gasteiger charge is -2.12. The Labute approximate surface area is 90.0 Å². The van der Waals surface area contributed by atoms with E-state index >= 15 is 0 Å². The Morgan fingerprint density at radius 1 is 1.53 bits per heavy atom. The molecule has 0 atom stereocenters. The van der Waals surface area contributed by atoms with Gasteiger partial charge in [-0.15, -0.1) is 0 Å². The zero-order valence-electron chi connectivity index (χ0n) is 9.11. The fraction of sp³-hybridized carbons (Fsp3) is 0.583. The van der Waals surface area contributed by atoms with E-state index in [4.69, 9.17) is 4.74 Å².